The molecule has 1 saturated heterocycles. The molecule has 2 rings (SSSR count). The third kappa shape index (κ3) is 6.65. The first-order chi connectivity index (χ1) is 12.6. The minimum absolute atomic E-state index is 0.0140. The first-order valence-corrected chi connectivity index (χ1v) is 9.89. The normalized spacial score (nSPS) is 15.6. The van der Waals surface area contributed by atoms with Gasteiger partial charge in [-0.25, -0.2) is 4.98 Å². The van der Waals surface area contributed by atoms with Crippen molar-refractivity contribution in [1.82, 2.24) is 10.2 Å². The maximum atomic E-state index is 12.4. The lowest BCUT2D eigenvalue weighted by molar-refractivity contribution is -0.364. The van der Waals surface area contributed by atoms with Crippen LogP contribution in [0.2, 0.25) is 0 Å². The fraction of sp³-hybridized carbons (Fsp3) is 0.650. The van der Waals surface area contributed by atoms with E-state index in [1.165, 1.54) is 12.8 Å². The van der Waals surface area contributed by atoms with Crippen LogP contribution in [0.25, 0.3) is 0 Å². The van der Waals surface area contributed by atoms with Crippen molar-refractivity contribution >= 4 is 17.6 Å². The number of nitrogens with zero attached hydrogens (tertiary/aromatic N) is 2. The van der Waals surface area contributed by atoms with Crippen molar-refractivity contribution in [2.24, 2.45) is 0 Å². The lowest BCUT2D eigenvalue weighted by Gasteiger charge is -2.31. The van der Waals surface area contributed by atoms with Crippen molar-refractivity contribution < 1.29 is 14.6 Å². The average molecular weight is 362 g/mol. The number of nitrogens with one attached hydrogen (secondary N) is 2. The molecule has 26 heavy (non-hydrogen) atoms. The summed E-state index contributed by atoms with van der Waals surface area (Å²) in [4.78, 5) is 31.7. The smallest absolute Gasteiger partial charge is 0.274 e. The second kappa shape index (κ2) is 10.8. The second-order valence-corrected chi connectivity index (χ2v) is 7.08. The number of rotatable bonds is 9. The van der Waals surface area contributed by atoms with Gasteiger partial charge in [-0.1, -0.05) is 32.3 Å². The van der Waals surface area contributed by atoms with Crippen LogP contribution in [0, 0.1) is 0 Å². The van der Waals surface area contributed by atoms with Gasteiger partial charge in [0.1, 0.15) is 13.1 Å². The summed E-state index contributed by atoms with van der Waals surface area (Å²) in [6.45, 7) is 7.25. The molecule has 1 fully saturated rings. The molecule has 0 bridgehead atoms. The minimum Gasteiger partial charge on any atom is -0.354 e. The van der Waals surface area contributed by atoms with Gasteiger partial charge in [-0.05, 0) is 19.4 Å². The highest BCUT2D eigenvalue weighted by molar-refractivity contribution is 5.84. The molecule has 0 unspecified atom stereocenters. The zero-order chi connectivity index (χ0) is 18.8. The Kier molecular flexibility index (Phi) is 8.38. The molecule has 0 saturated carbocycles. The monoisotopic (exact) mass is 361 g/mol. The molecular formula is C20H33N4O2+. The molecule has 1 aliphatic rings. The fourth-order valence-electron chi connectivity index (χ4n) is 3.28. The molecule has 1 aromatic heterocycles. The molecule has 1 aliphatic heterocycles. The number of amides is 2. The Morgan fingerprint density at radius 1 is 1.15 bits per heavy atom. The predicted molar refractivity (Wildman–Crippen MR) is 103 cm³/mol. The van der Waals surface area contributed by atoms with E-state index in [1.54, 1.807) is 0 Å². The number of hydrogen-bond acceptors (Lipinski definition) is 3. The van der Waals surface area contributed by atoms with Crippen molar-refractivity contribution in [3.05, 3.63) is 24.4 Å². The van der Waals surface area contributed by atoms with E-state index in [2.05, 4.69) is 22.1 Å². The lowest BCUT2D eigenvalue weighted by Crippen LogP contribution is -2.50. The van der Waals surface area contributed by atoms with E-state index in [0.29, 0.717) is 19.5 Å². The highest BCUT2D eigenvalue weighted by Gasteiger charge is 2.26. The molecule has 0 aliphatic carbocycles. The molecule has 6 nitrogen and oxygen atoms in total. The molecule has 1 aromatic rings. The van der Waals surface area contributed by atoms with Crippen LogP contribution in [0.15, 0.2) is 24.4 Å². The summed E-state index contributed by atoms with van der Waals surface area (Å²) in [5.74, 6) is 1.14. The van der Waals surface area contributed by atoms with E-state index in [1.807, 2.05) is 36.2 Å². The van der Waals surface area contributed by atoms with Gasteiger partial charge in [-0.3, -0.25) is 14.5 Å². The number of hydrogen-bond donors (Lipinski definition) is 1. The first-order valence-electron chi connectivity index (χ1n) is 9.89. The van der Waals surface area contributed by atoms with Crippen molar-refractivity contribution in [3.63, 3.8) is 0 Å². The van der Waals surface area contributed by atoms with Gasteiger partial charge in [0.05, 0.1) is 19.3 Å². The van der Waals surface area contributed by atoms with E-state index < -0.39 is 0 Å². The molecule has 0 aromatic carbocycles. The van der Waals surface area contributed by atoms with Crippen molar-refractivity contribution in [1.29, 1.82) is 0 Å². The molecule has 2 heterocycles. The third-order valence-corrected chi connectivity index (χ3v) is 4.88. The first kappa shape index (κ1) is 20.2. The van der Waals surface area contributed by atoms with Crippen LogP contribution in [0.1, 0.15) is 52.4 Å². The van der Waals surface area contributed by atoms with Crippen molar-refractivity contribution in [2.45, 2.75) is 58.4 Å². The second-order valence-electron chi connectivity index (χ2n) is 7.08. The van der Waals surface area contributed by atoms with Gasteiger partial charge >= 0.3 is 0 Å². The number of carbonyl (C=O) groups excluding carboxylic acids is 2. The summed E-state index contributed by atoms with van der Waals surface area (Å²) in [5.41, 5.74) is 0. The molecule has 144 valence electrons. The van der Waals surface area contributed by atoms with E-state index >= 15 is 0 Å². The summed E-state index contributed by atoms with van der Waals surface area (Å²) in [5, 5.41) is 3.00. The van der Waals surface area contributed by atoms with Crippen molar-refractivity contribution in [3.8, 4) is 0 Å². The Balaban J connectivity index is 1.65. The molecule has 0 spiro atoms. The van der Waals surface area contributed by atoms with Crippen LogP contribution in [-0.2, 0) is 9.59 Å². The largest absolute Gasteiger partial charge is 0.354 e. The van der Waals surface area contributed by atoms with Gasteiger partial charge in [-0.2, -0.15) is 0 Å². The Labute approximate surface area is 157 Å². The fourth-order valence-corrected chi connectivity index (χ4v) is 3.28. The molecule has 2 amide bonds. The van der Waals surface area contributed by atoms with Crippen molar-refractivity contribution in [2.75, 3.05) is 31.1 Å². The number of aromatic nitrogens is 1. The highest BCUT2D eigenvalue weighted by atomic mass is 16.2. The van der Waals surface area contributed by atoms with E-state index in [-0.39, 0.29) is 24.3 Å². The Bertz CT molecular complexity index is 556. The quantitative estimate of drug-likeness (QED) is 0.684. The average Bonchev–Trinajstić information content (AvgIpc) is 2.67. The number of carbonyl (C=O) groups is 2. The van der Waals surface area contributed by atoms with Crippen LogP contribution in [-0.4, -0.2) is 48.9 Å². The standard InChI is InChI=1S/C20H32N4O2/c1-3-4-5-8-17(2)22-19(25)10-11-20(26)24-15-13-23(14-16-24)18-9-6-7-12-21-18/h6-7,9,12,17H,3-5,8,10-11,13-16H2,1-2H3,(H,22,25)/p+1/t17-/m0/s1. The van der Waals surface area contributed by atoms with E-state index in [0.717, 1.165) is 31.7 Å². The number of pyridine rings is 1. The number of anilines is 1. The zero-order valence-electron chi connectivity index (χ0n) is 16.2. The number of unbranched alkanes of at least 4 members (excludes halogenated alkanes) is 2. The van der Waals surface area contributed by atoms with Gasteiger partial charge < -0.3 is 10.2 Å². The number of H-pyrrole nitrogens is 1. The zero-order valence-corrected chi connectivity index (χ0v) is 16.2. The van der Waals surface area contributed by atoms with Crippen LogP contribution < -0.4 is 15.2 Å². The third-order valence-electron chi connectivity index (χ3n) is 4.88. The highest BCUT2D eigenvalue weighted by Crippen LogP contribution is 2.11. The topological polar surface area (TPSA) is 66.8 Å². The van der Waals surface area contributed by atoms with E-state index in [4.69, 9.17) is 0 Å². The number of aromatic amines is 1. The number of piperazine rings is 1. The van der Waals surface area contributed by atoms with Gasteiger partial charge in [0.2, 0.25) is 11.8 Å². The van der Waals surface area contributed by atoms with Gasteiger partial charge in [0.25, 0.3) is 5.82 Å². The molecule has 0 radical (unpaired) electrons. The van der Waals surface area contributed by atoms with Crippen LogP contribution in [0.3, 0.4) is 0 Å². The summed E-state index contributed by atoms with van der Waals surface area (Å²) in [6, 6.07) is 6.20. The molecule has 1 atom stereocenters. The molecule has 6 heteroatoms. The van der Waals surface area contributed by atoms with Crippen LogP contribution >= 0.6 is 0 Å². The van der Waals surface area contributed by atoms with Gasteiger partial charge in [0, 0.05) is 24.9 Å². The van der Waals surface area contributed by atoms with Crippen LogP contribution in [0.5, 0.6) is 0 Å². The van der Waals surface area contributed by atoms with E-state index in [9.17, 15) is 9.59 Å². The summed E-state index contributed by atoms with van der Waals surface area (Å²) >= 11 is 0. The Hall–Kier alpha value is -2.11. The van der Waals surface area contributed by atoms with Gasteiger partial charge in [-0.15, -0.1) is 0 Å². The van der Waals surface area contributed by atoms with Crippen LogP contribution in [0.4, 0.5) is 5.82 Å². The SMILES string of the molecule is CCCCC[C@H](C)NC(=O)CCC(=O)N1CCN(c2cccc[nH+]2)CC1. The predicted octanol–water partition coefficient (Wildman–Crippen LogP) is 2.01. The minimum atomic E-state index is -0.0140. The Morgan fingerprint density at radius 3 is 2.58 bits per heavy atom. The summed E-state index contributed by atoms with van der Waals surface area (Å²) in [6.07, 6.45) is 7.02. The van der Waals surface area contributed by atoms with Gasteiger partial charge in [0.15, 0.2) is 0 Å². The lowest BCUT2D eigenvalue weighted by atomic mass is 10.1. The summed E-state index contributed by atoms with van der Waals surface area (Å²) in [7, 11) is 0. The summed E-state index contributed by atoms with van der Waals surface area (Å²) < 4.78 is 0. The Morgan fingerprint density at radius 2 is 1.92 bits per heavy atom. The molecular weight excluding hydrogens is 328 g/mol. The molecule has 2 N–H and O–H groups in total. The maximum absolute atomic E-state index is 12.4. The maximum Gasteiger partial charge on any atom is 0.274 e.